The van der Waals surface area contributed by atoms with Gasteiger partial charge in [-0.1, -0.05) is 23.8 Å². The molecular weight excluding hydrogens is 451 g/mol. The number of alkyl halides is 4. The van der Waals surface area contributed by atoms with E-state index in [9.17, 15) is 22.0 Å². The largest absolute Gasteiger partial charge is 0.452 e. The fourth-order valence-corrected chi connectivity index (χ4v) is 3.30. The van der Waals surface area contributed by atoms with Gasteiger partial charge in [0.15, 0.2) is 6.10 Å². The molecule has 5 nitrogen and oxygen atoms in total. The van der Waals surface area contributed by atoms with Crippen molar-refractivity contribution in [1.29, 1.82) is 0 Å². The van der Waals surface area contributed by atoms with Crippen molar-refractivity contribution >= 4 is 40.5 Å². The van der Waals surface area contributed by atoms with Crippen LogP contribution in [-0.2, 0) is 10.3 Å². The van der Waals surface area contributed by atoms with Gasteiger partial charge >= 0.3 is 6.18 Å². The van der Waals surface area contributed by atoms with Gasteiger partial charge in [-0.25, -0.2) is 13.8 Å². The second-order valence-electron chi connectivity index (χ2n) is 6.48. The Morgan fingerprint density at radius 1 is 1.33 bits per heavy atom. The molecule has 30 heavy (non-hydrogen) atoms. The monoisotopic (exact) mass is 464 g/mol. The Balaban J connectivity index is 1.96. The number of aliphatic imine (C=N–C) groups is 1. The summed E-state index contributed by atoms with van der Waals surface area (Å²) >= 11 is 11.0. The Morgan fingerprint density at radius 3 is 2.67 bits per heavy atom. The number of pyridine rings is 1. The molecule has 2 unspecified atom stereocenters. The molecule has 1 aromatic carbocycles. The summed E-state index contributed by atoms with van der Waals surface area (Å²) in [6.45, 7) is -1.42. The summed E-state index contributed by atoms with van der Waals surface area (Å²) < 4.78 is 72.6. The highest BCUT2D eigenvalue weighted by Gasteiger charge is 2.52. The number of ether oxygens (including phenoxy) is 1. The molecule has 1 aromatic heterocycles. The molecule has 0 aliphatic carbocycles. The smallest absolute Gasteiger partial charge is 0.425 e. The predicted molar refractivity (Wildman–Crippen MR) is 106 cm³/mol. The highest BCUT2D eigenvalue weighted by Crippen LogP contribution is 2.42. The quantitative estimate of drug-likeness (QED) is 0.515. The van der Waals surface area contributed by atoms with Crippen molar-refractivity contribution in [1.82, 2.24) is 4.98 Å². The summed E-state index contributed by atoms with van der Waals surface area (Å²) in [4.78, 5) is 7.86. The predicted octanol–water partition coefficient (Wildman–Crippen LogP) is 4.49. The number of halogens is 6. The van der Waals surface area contributed by atoms with Crippen molar-refractivity contribution in [3.8, 4) is 0 Å². The van der Waals surface area contributed by atoms with E-state index in [0.29, 0.717) is 10.7 Å². The van der Waals surface area contributed by atoms with Crippen molar-refractivity contribution in [2.75, 3.05) is 12.0 Å². The first kappa shape index (κ1) is 22.2. The Hall–Kier alpha value is -2.53. The number of thiocarbonyl (C=S) groups is 1. The fraction of sp³-hybridized carbons (Fsp3) is 0.278. The van der Waals surface area contributed by atoms with E-state index in [1.807, 2.05) is 0 Å². The number of anilines is 1. The lowest BCUT2D eigenvalue weighted by atomic mass is 9.84. The van der Waals surface area contributed by atoms with Gasteiger partial charge in [-0.3, -0.25) is 4.98 Å². The maximum absolute atomic E-state index is 14.6. The van der Waals surface area contributed by atoms with Crippen molar-refractivity contribution in [2.24, 2.45) is 10.7 Å². The number of aromatic nitrogens is 1. The second kappa shape index (κ2) is 8.31. The molecule has 0 spiro atoms. The maximum Gasteiger partial charge on any atom is 0.425 e. The Bertz CT molecular complexity index is 986. The zero-order valence-electron chi connectivity index (χ0n) is 15.0. The lowest BCUT2D eigenvalue weighted by molar-refractivity contribution is -0.209. The lowest BCUT2D eigenvalue weighted by Gasteiger charge is -2.36. The molecule has 2 aromatic rings. The van der Waals surface area contributed by atoms with Crippen LogP contribution in [0.2, 0.25) is 5.02 Å². The third-order valence-electron chi connectivity index (χ3n) is 4.38. The molecule has 1 aliphatic heterocycles. The zero-order chi connectivity index (χ0) is 22.1. The topological polar surface area (TPSA) is 72.5 Å². The van der Waals surface area contributed by atoms with Gasteiger partial charge in [0.2, 0.25) is 0 Å². The van der Waals surface area contributed by atoms with Crippen LogP contribution in [0.25, 0.3) is 0 Å². The van der Waals surface area contributed by atoms with Crippen molar-refractivity contribution in [3.63, 3.8) is 0 Å². The molecule has 0 saturated carbocycles. The minimum atomic E-state index is -4.84. The average molecular weight is 465 g/mol. The Morgan fingerprint density at radius 2 is 2.07 bits per heavy atom. The summed E-state index contributed by atoms with van der Waals surface area (Å²) in [5.41, 5.74) is 3.28. The molecule has 0 radical (unpaired) electrons. The van der Waals surface area contributed by atoms with Gasteiger partial charge < -0.3 is 15.8 Å². The number of hydrogen-bond donors (Lipinski definition) is 2. The van der Waals surface area contributed by atoms with Crippen LogP contribution in [0.4, 0.5) is 27.6 Å². The fourth-order valence-electron chi connectivity index (χ4n) is 2.95. The van der Waals surface area contributed by atoms with Crippen molar-refractivity contribution < 1.29 is 26.7 Å². The molecule has 2 atom stereocenters. The molecule has 1 aliphatic rings. The van der Waals surface area contributed by atoms with Crippen LogP contribution in [-0.4, -0.2) is 34.9 Å². The summed E-state index contributed by atoms with van der Waals surface area (Å²) in [5, 5.41) is 3.18. The molecule has 0 bridgehead atoms. The van der Waals surface area contributed by atoms with E-state index in [-0.39, 0.29) is 10.7 Å². The minimum Gasteiger partial charge on any atom is -0.452 e. The Labute approximate surface area is 178 Å². The van der Waals surface area contributed by atoms with Crippen molar-refractivity contribution in [2.45, 2.75) is 24.2 Å². The molecule has 0 amide bonds. The van der Waals surface area contributed by atoms with Crippen molar-refractivity contribution in [3.05, 3.63) is 58.6 Å². The van der Waals surface area contributed by atoms with Gasteiger partial charge in [0.05, 0.1) is 10.7 Å². The van der Waals surface area contributed by atoms with Gasteiger partial charge in [-0.2, -0.15) is 13.2 Å². The van der Waals surface area contributed by atoms with Gasteiger partial charge in [0, 0.05) is 23.9 Å². The number of benzene rings is 1. The average Bonchev–Trinajstić information content (AvgIpc) is 2.68. The normalized spacial score (nSPS) is 21.5. The molecule has 3 rings (SSSR count). The third-order valence-corrected chi connectivity index (χ3v) is 4.92. The van der Waals surface area contributed by atoms with Crippen LogP contribution in [0.5, 0.6) is 0 Å². The van der Waals surface area contributed by atoms with Gasteiger partial charge in [0.1, 0.15) is 23.0 Å². The second-order valence-corrected chi connectivity index (χ2v) is 7.32. The van der Waals surface area contributed by atoms with Crippen LogP contribution in [0.3, 0.4) is 0 Å². The highest BCUT2D eigenvalue weighted by molar-refractivity contribution is 7.81. The number of nitrogens with one attached hydrogen (secondary N) is 1. The van der Waals surface area contributed by atoms with Crippen LogP contribution < -0.4 is 11.1 Å². The van der Waals surface area contributed by atoms with E-state index in [1.165, 1.54) is 12.3 Å². The SMILES string of the molecule is NC1=NC(CF)(c2cc(NC(=S)c3ccc(Cl)cn3)ccc2F)CC(C(F)(F)F)O1. The first-order chi connectivity index (χ1) is 14.0. The third kappa shape index (κ3) is 4.62. The molecule has 0 fully saturated rings. The number of nitrogens with zero attached hydrogens (tertiary/aromatic N) is 2. The summed E-state index contributed by atoms with van der Waals surface area (Å²) in [7, 11) is 0. The number of hydrogen-bond acceptors (Lipinski definition) is 5. The van der Waals surface area contributed by atoms with Crippen LogP contribution in [0.15, 0.2) is 41.5 Å². The molecule has 2 heterocycles. The minimum absolute atomic E-state index is 0.140. The zero-order valence-corrected chi connectivity index (χ0v) is 16.6. The van der Waals surface area contributed by atoms with Gasteiger partial charge in [-0.05, 0) is 30.3 Å². The standard InChI is InChI=1S/C18H14ClF5N4OS/c19-9-1-4-13(26-7-9)15(30)27-10-2-3-12(21)11(5-10)17(8-20)6-14(18(22,23)24)29-16(25)28-17/h1-5,7,14H,6,8H2,(H2,25,28)(H,27,30). The summed E-state index contributed by atoms with van der Waals surface area (Å²) in [6.07, 6.45) is -6.87. The molecule has 3 N–H and O–H groups in total. The maximum atomic E-state index is 14.6. The van der Waals surface area contributed by atoms with Crippen LogP contribution in [0, 0.1) is 5.82 Å². The van der Waals surface area contributed by atoms with E-state index in [1.54, 1.807) is 12.1 Å². The van der Waals surface area contributed by atoms with Crippen LogP contribution >= 0.6 is 23.8 Å². The molecule has 160 valence electrons. The van der Waals surface area contributed by atoms with E-state index >= 15 is 0 Å². The van der Waals surface area contributed by atoms with Gasteiger partial charge in [0.25, 0.3) is 6.02 Å². The number of amidine groups is 1. The Kier molecular flexibility index (Phi) is 6.14. The molecule has 0 saturated heterocycles. The van der Waals surface area contributed by atoms with E-state index < -0.39 is 48.3 Å². The molecular formula is C18H14ClF5N4OS. The lowest BCUT2D eigenvalue weighted by Crippen LogP contribution is -2.48. The van der Waals surface area contributed by atoms with Crippen LogP contribution in [0.1, 0.15) is 17.7 Å². The van der Waals surface area contributed by atoms with E-state index in [4.69, 9.17) is 29.6 Å². The number of nitrogens with two attached hydrogens (primary N) is 1. The number of rotatable bonds is 4. The first-order valence-electron chi connectivity index (χ1n) is 8.42. The van der Waals surface area contributed by atoms with E-state index in [2.05, 4.69) is 20.0 Å². The summed E-state index contributed by atoms with van der Waals surface area (Å²) in [6, 6.07) is 5.62. The summed E-state index contributed by atoms with van der Waals surface area (Å²) in [5.74, 6) is -0.951. The highest BCUT2D eigenvalue weighted by atomic mass is 35.5. The van der Waals surface area contributed by atoms with E-state index in [0.717, 1.165) is 12.1 Å². The molecule has 12 heteroatoms. The van der Waals surface area contributed by atoms with Gasteiger partial charge in [-0.15, -0.1) is 0 Å². The first-order valence-corrected chi connectivity index (χ1v) is 9.20.